The molecular weight excluding hydrogens is 365 g/mol. The maximum Gasteiger partial charge on any atom is 0.238 e. The molecule has 0 heterocycles. The minimum absolute atomic E-state index is 0.0256. The highest BCUT2D eigenvalue weighted by atomic mass is 35.5. The van der Waals surface area contributed by atoms with Crippen LogP contribution in [0.1, 0.15) is 0 Å². The summed E-state index contributed by atoms with van der Waals surface area (Å²) >= 11 is 17.0. The first-order valence-corrected chi connectivity index (χ1v) is 8.63. The third kappa shape index (κ3) is 4.56. The van der Waals surface area contributed by atoms with E-state index in [1.54, 1.807) is 30.3 Å². The van der Waals surface area contributed by atoms with Crippen molar-refractivity contribution in [1.29, 1.82) is 0 Å². The number of nitrogens with one attached hydrogen (secondary N) is 2. The largest absolute Gasteiger partial charge is 0.332 e. The van der Waals surface area contributed by atoms with Gasteiger partial charge in [0.2, 0.25) is 10.0 Å². The van der Waals surface area contributed by atoms with Crippen molar-refractivity contribution in [3.8, 4) is 0 Å². The molecular formula is C13H11Cl2N3O2S2. The van der Waals surface area contributed by atoms with Crippen LogP contribution in [-0.2, 0) is 10.0 Å². The SMILES string of the molecule is NS(=O)(=O)c1ccc(NC(=S)Nc2ccc(Cl)cc2Cl)cc1. The Bertz CT molecular complexity index is 809. The fraction of sp³-hybridized carbons (Fsp3) is 0. The summed E-state index contributed by atoms with van der Waals surface area (Å²) in [6.45, 7) is 0. The first-order valence-electron chi connectivity index (χ1n) is 5.91. The highest BCUT2D eigenvalue weighted by Crippen LogP contribution is 2.25. The van der Waals surface area contributed by atoms with E-state index in [0.29, 0.717) is 26.5 Å². The molecule has 2 aromatic rings. The van der Waals surface area contributed by atoms with Crippen LogP contribution in [0.25, 0.3) is 0 Å². The Balaban J connectivity index is 2.06. The third-order valence-corrected chi connectivity index (χ3v) is 4.30. The van der Waals surface area contributed by atoms with Crippen LogP contribution in [0.5, 0.6) is 0 Å². The van der Waals surface area contributed by atoms with Crippen molar-refractivity contribution in [2.24, 2.45) is 5.14 Å². The summed E-state index contributed by atoms with van der Waals surface area (Å²) in [6.07, 6.45) is 0. The van der Waals surface area contributed by atoms with E-state index in [4.69, 9.17) is 40.6 Å². The van der Waals surface area contributed by atoms with Gasteiger partial charge in [0, 0.05) is 10.7 Å². The topological polar surface area (TPSA) is 84.2 Å². The minimum Gasteiger partial charge on any atom is -0.332 e. The summed E-state index contributed by atoms with van der Waals surface area (Å²) in [7, 11) is -3.71. The van der Waals surface area contributed by atoms with Crippen LogP contribution in [0.2, 0.25) is 10.0 Å². The van der Waals surface area contributed by atoms with Crippen molar-refractivity contribution in [3.63, 3.8) is 0 Å². The normalized spacial score (nSPS) is 11.0. The third-order valence-electron chi connectivity index (χ3n) is 2.62. The number of rotatable bonds is 3. The van der Waals surface area contributed by atoms with Gasteiger partial charge in [0.1, 0.15) is 0 Å². The molecule has 0 aliphatic carbocycles. The van der Waals surface area contributed by atoms with E-state index < -0.39 is 10.0 Å². The monoisotopic (exact) mass is 375 g/mol. The molecule has 0 radical (unpaired) electrons. The lowest BCUT2D eigenvalue weighted by molar-refractivity contribution is 0.598. The maximum absolute atomic E-state index is 11.2. The summed E-state index contributed by atoms with van der Waals surface area (Å²) < 4.78 is 22.3. The number of anilines is 2. The molecule has 0 spiro atoms. The molecule has 116 valence electrons. The summed E-state index contributed by atoms with van der Waals surface area (Å²) in [5.41, 5.74) is 1.21. The number of primary sulfonamides is 1. The van der Waals surface area contributed by atoms with E-state index in [0.717, 1.165) is 0 Å². The van der Waals surface area contributed by atoms with Gasteiger partial charge in [-0.2, -0.15) is 0 Å². The van der Waals surface area contributed by atoms with E-state index in [1.807, 2.05) is 0 Å². The second-order valence-electron chi connectivity index (χ2n) is 4.27. The lowest BCUT2D eigenvalue weighted by atomic mass is 10.3. The van der Waals surface area contributed by atoms with Crippen LogP contribution < -0.4 is 15.8 Å². The number of nitrogens with two attached hydrogens (primary N) is 1. The Morgan fingerprint density at radius 1 is 1.05 bits per heavy atom. The zero-order chi connectivity index (χ0) is 16.3. The fourth-order valence-corrected chi connectivity index (χ4v) is 2.80. The van der Waals surface area contributed by atoms with E-state index in [-0.39, 0.29) is 4.90 Å². The molecule has 5 nitrogen and oxygen atoms in total. The molecule has 0 bridgehead atoms. The molecule has 22 heavy (non-hydrogen) atoms. The lowest BCUT2D eigenvalue weighted by Gasteiger charge is -2.12. The molecule has 2 rings (SSSR count). The van der Waals surface area contributed by atoms with Crippen LogP contribution in [0.3, 0.4) is 0 Å². The van der Waals surface area contributed by atoms with Gasteiger partial charge in [-0.3, -0.25) is 0 Å². The first-order chi connectivity index (χ1) is 10.3. The quantitative estimate of drug-likeness (QED) is 0.715. The maximum atomic E-state index is 11.2. The first kappa shape index (κ1) is 17.0. The predicted octanol–water partition coefficient (Wildman–Crippen LogP) is 3.45. The van der Waals surface area contributed by atoms with Gasteiger partial charge >= 0.3 is 0 Å². The second kappa shape index (κ2) is 6.80. The molecule has 0 aliphatic rings. The fourth-order valence-electron chi connectivity index (χ4n) is 1.60. The number of sulfonamides is 1. The molecule has 0 saturated heterocycles. The smallest absolute Gasteiger partial charge is 0.238 e. The van der Waals surface area contributed by atoms with Gasteiger partial charge in [-0.05, 0) is 54.7 Å². The van der Waals surface area contributed by atoms with E-state index in [1.165, 1.54) is 12.1 Å². The standard InChI is InChI=1S/C13H11Cl2N3O2S2/c14-8-1-6-12(11(15)7-8)18-13(21)17-9-2-4-10(5-3-9)22(16,19)20/h1-7H,(H2,16,19,20)(H2,17,18,21). The average Bonchev–Trinajstić information content (AvgIpc) is 2.41. The second-order valence-corrected chi connectivity index (χ2v) is 7.09. The van der Waals surface area contributed by atoms with E-state index in [2.05, 4.69) is 10.6 Å². The van der Waals surface area contributed by atoms with Crippen LogP contribution in [0, 0.1) is 0 Å². The predicted molar refractivity (Wildman–Crippen MR) is 94.1 cm³/mol. The van der Waals surface area contributed by atoms with Crippen LogP contribution in [0.4, 0.5) is 11.4 Å². The van der Waals surface area contributed by atoms with Gasteiger partial charge in [0.15, 0.2) is 5.11 Å². The van der Waals surface area contributed by atoms with Crippen molar-refractivity contribution < 1.29 is 8.42 Å². The number of halogens is 2. The van der Waals surface area contributed by atoms with Gasteiger partial charge in [-0.15, -0.1) is 0 Å². The Hall–Kier alpha value is -1.38. The van der Waals surface area contributed by atoms with Crippen molar-refractivity contribution >= 4 is 61.9 Å². The van der Waals surface area contributed by atoms with Crippen LogP contribution in [0.15, 0.2) is 47.4 Å². The highest BCUT2D eigenvalue weighted by Gasteiger charge is 2.08. The summed E-state index contributed by atoms with van der Waals surface area (Å²) in [5, 5.41) is 12.1. The van der Waals surface area contributed by atoms with Crippen molar-refractivity contribution in [1.82, 2.24) is 0 Å². The molecule has 0 atom stereocenters. The number of hydrogen-bond donors (Lipinski definition) is 3. The van der Waals surface area contributed by atoms with Gasteiger partial charge in [0.25, 0.3) is 0 Å². The van der Waals surface area contributed by atoms with Gasteiger partial charge < -0.3 is 10.6 Å². The van der Waals surface area contributed by atoms with Crippen LogP contribution >= 0.6 is 35.4 Å². The molecule has 0 fully saturated rings. The number of hydrogen-bond acceptors (Lipinski definition) is 3. The minimum atomic E-state index is -3.71. The van der Waals surface area contributed by atoms with Crippen LogP contribution in [-0.4, -0.2) is 13.5 Å². The lowest BCUT2D eigenvalue weighted by Crippen LogP contribution is -2.19. The van der Waals surface area contributed by atoms with E-state index >= 15 is 0 Å². The molecule has 0 saturated carbocycles. The molecule has 4 N–H and O–H groups in total. The van der Waals surface area contributed by atoms with Crippen molar-refractivity contribution in [3.05, 3.63) is 52.5 Å². The Labute approximate surface area is 143 Å². The Morgan fingerprint density at radius 2 is 1.68 bits per heavy atom. The summed E-state index contributed by atoms with van der Waals surface area (Å²) in [6, 6.07) is 10.8. The molecule has 9 heteroatoms. The van der Waals surface area contributed by atoms with E-state index in [9.17, 15) is 8.42 Å². The van der Waals surface area contributed by atoms with Crippen molar-refractivity contribution in [2.45, 2.75) is 4.90 Å². The van der Waals surface area contributed by atoms with Gasteiger partial charge in [-0.25, -0.2) is 13.6 Å². The Kier molecular flexibility index (Phi) is 5.25. The average molecular weight is 376 g/mol. The molecule has 0 aromatic heterocycles. The zero-order valence-corrected chi connectivity index (χ0v) is 14.2. The van der Waals surface area contributed by atoms with Crippen molar-refractivity contribution in [2.75, 3.05) is 10.6 Å². The van der Waals surface area contributed by atoms with Gasteiger partial charge in [-0.1, -0.05) is 23.2 Å². The highest BCUT2D eigenvalue weighted by molar-refractivity contribution is 7.89. The molecule has 0 aliphatic heterocycles. The Morgan fingerprint density at radius 3 is 2.23 bits per heavy atom. The number of benzene rings is 2. The summed E-state index contributed by atoms with van der Waals surface area (Å²) in [5.74, 6) is 0. The number of thiocarbonyl (C=S) groups is 1. The zero-order valence-electron chi connectivity index (χ0n) is 11.0. The molecule has 2 aromatic carbocycles. The van der Waals surface area contributed by atoms with Gasteiger partial charge in [0.05, 0.1) is 15.6 Å². The molecule has 0 amide bonds. The molecule has 0 unspecified atom stereocenters. The summed E-state index contributed by atoms with van der Waals surface area (Å²) in [4.78, 5) is 0.0256.